The predicted molar refractivity (Wildman–Crippen MR) is 90.5 cm³/mol. The summed E-state index contributed by atoms with van der Waals surface area (Å²) in [5, 5.41) is 0. The number of H-pyrrole nitrogens is 1. The van der Waals surface area contributed by atoms with E-state index in [9.17, 15) is 13.6 Å². The quantitative estimate of drug-likeness (QED) is 0.733. The summed E-state index contributed by atoms with van der Waals surface area (Å²) in [6.45, 7) is 2.19. The number of aromatic amines is 1. The van der Waals surface area contributed by atoms with Crippen LogP contribution in [0.1, 0.15) is 12.1 Å². The molecule has 1 fully saturated rings. The third-order valence-electron chi connectivity index (χ3n) is 4.33. The smallest absolute Gasteiger partial charge is 0.280 e. The zero-order chi connectivity index (χ0) is 18.3. The molecule has 0 radical (unpaired) electrons. The van der Waals surface area contributed by atoms with Gasteiger partial charge in [0.1, 0.15) is 12.0 Å². The fourth-order valence-corrected chi connectivity index (χ4v) is 3.02. The number of imidazole rings is 1. The first-order chi connectivity index (χ1) is 12.5. The average molecular weight is 362 g/mol. The highest BCUT2D eigenvalue weighted by Crippen LogP contribution is 2.23. The first-order valence-corrected chi connectivity index (χ1v) is 8.04. The second-order valence-electron chi connectivity index (χ2n) is 5.99. The zero-order valence-electron chi connectivity index (χ0n) is 13.9. The second kappa shape index (κ2) is 6.32. The van der Waals surface area contributed by atoms with Crippen LogP contribution in [0.25, 0.3) is 11.2 Å². The normalized spacial score (nSPS) is 15.2. The van der Waals surface area contributed by atoms with E-state index in [1.54, 1.807) is 11.2 Å². The Bertz CT molecular complexity index is 993. The number of aromatic nitrogens is 6. The van der Waals surface area contributed by atoms with Crippen LogP contribution < -0.4 is 15.4 Å². The van der Waals surface area contributed by atoms with Gasteiger partial charge >= 0.3 is 0 Å². The third kappa shape index (κ3) is 2.85. The lowest BCUT2D eigenvalue weighted by atomic mass is 10.3. The molecule has 4 rings (SSSR count). The van der Waals surface area contributed by atoms with Gasteiger partial charge in [0.15, 0.2) is 17.0 Å². The van der Waals surface area contributed by atoms with Crippen molar-refractivity contribution < 1.29 is 8.78 Å². The highest BCUT2D eigenvalue weighted by atomic mass is 19.3. The Labute approximate surface area is 146 Å². The fraction of sp³-hybridized carbons (Fsp3) is 0.400. The number of nitrogens with one attached hydrogen (secondary N) is 1. The summed E-state index contributed by atoms with van der Waals surface area (Å²) in [5.74, 6) is 0.899. The topological polar surface area (TPSA) is 95.8 Å². The molecule has 0 saturated carbocycles. The lowest BCUT2D eigenvalue weighted by molar-refractivity contribution is 0.146. The molecule has 1 aliphatic rings. The van der Waals surface area contributed by atoms with E-state index in [0.29, 0.717) is 26.2 Å². The monoisotopic (exact) mass is 362 g/mol. The molecule has 3 aromatic heterocycles. The summed E-state index contributed by atoms with van der Waals surface area (Å²) in [6.07, 6.45) is 0.399. The molecule has 0 bridgehead atoms. The molecule has 3 aromatic rings. The lowest BCUT2D eigenvalue weighted by Crippen LogP contribution is -2.48. The van der Waals surface area contributed by atoms with E-state index >= 15 is 0 Å². The number of hydrogen-bond donors (Lipinski definition) is 1. The number of rotatable bonds is 3. The van der Waals surface area contributed by atoms with Crippen LogP contribution in [-0.4, -0.2) is 55.7 Å². The van der Waals surface area contributed by atoms with Crippen molar-refractivity contribution in [1.29, 1.82) is 0 Å². The van der Waals surface area contributed by atoms with E-state index in [-0.39, 0.29) is 5.95 Å². The standard InChI is InChI=1S/C15H16F2N8O/c1-23-8-20-11-13(23)18-7-19-14(11)24-2-4-25(5-3-24)15-21-9(12(16)17)6-10(26)22-15/h6-8,12H,2-5H2,1H3,(H,21,22,26). The van der Waals surface area contributed by atoms with Gasteiger partial charge in [0, 0.05) is 39.3 Å². The number of aryl methyl sites for hydroxylation is 1. The Morgan fingerprint density at radius 2 is 1.85 bits per heavy atom. The van der Waals surface area contributed by atoms with Gasteiger partial charge in [-0.2, -0.15) is 0 Å². The first kappa shape index (κ1) is 16.4. The molecule has 0 aromatic carbocycles. The molecule has 0 atom stereocenters. The van der Waals surface area contributed by atoms with E-state index in [2.05, 4.69) is 29.8 Å². The highest BCUT2D eigenvalue weighted by Gasteiger charge is 2.23. The number of anilines is 2. The molecular weight excluding hydrogens is 346 g/mol. The Hall–Kier alpha value is -3.11. The van der Waals surface area contributed by atoms with Crippen molar-refractivity contribution in [3.05, 3.63) is 34.8 Å². The van der Waals surface area contributed by atoms with Gasteiger partial charge in [-0.3, -0.25) is 9.78 Å². The van der Waals surface area contributed by atoms with Gasteiger partial charge in [-0.25, -0.2) is 28.7 Å². The maximum Gasteiger partial charge on any atom is 0.280 e. The summed E-state index contributed by atoms with van der Waals surface area (Å²) in [7, 11) is 1.86. The molecular formula is C15H16F2N8O. The number of piperazine rings is 1. The predicted octanol–water partition coefficient (Wildman–Crippen LogP) is 0.711. The molecule has 0 spiro atoms. The van der Waals surface area contributed by atoms with Crippen molar-refractivity contribution in [1.82, 2.24) is 29.5 Å². The maximum absolute atomic E-state index is 12.9. The van der Waals surface area contributed by atoms with Crippen molar-refractivity contribution >= 4 is 22.9 Å². The second-order valence-corrected chi connectivity index (χ2v) is 5.99. The van der Waals surface area contributed by atoms with Gasteiger partial charge in [0.2, 0.25) is 5.95 Å². The van der Waals surface area contributed by atoms with E-state index in [1.807, 2.05) is 11.6 Å². The maximum atomic E-state index is 12.9. The molecule has 0 amide bonds. The van der Waals surface area contributed by atoms with Crippen molar-refractivity contribution in [2.45, 2.75) is 6.43 Å². The largest absolute Gasteiger partial charge is 0.351 e. The molecule has 0 aliphatic carbocycles. The number of fused-ring (bicyclic) bond motifs is 1. The molecule has 11 heteroatoms. The van der Waals surface area contributed by atoms with Crippen LogP contribution in [0.4, 0.5) is 20.5 Å². The molecule has 1 N–H and O–H groups in total. The van der Waals surface area contributed by atoms with E-state index < -0.39 is 17.7 Å². The summed E-state index contributed by atoms with van der Waals surface area (Å²) in [5.41, 5.74) is 0.360. The van der Waals surface area contributed by atoms with Crippen molar-refractivity contribution in [3.8, 4) is 0 Å². The Kier molecular flexibility index (Phi) is 3.98. The summed E-state index contributed by atoms with van der Waals surface area (Å²) < 4.78 is 27.5. The molecule has 26 heavy (non-hydrogen) atoms. The zero-order valence-corrected chi connectivity index (χ0v) is 13.9. The summed E-state index contributed by atoms with van der Waals surface area (Å²) >= 11 is 0. The Balaban J connectivity index is 1.55. The summed E-state index contributed by atoms with van der Waals surface area (Å²) in [6, 6.07) is 0.823. The van der Waals surface area contributed by atoms with E-state index in [0.717, 1.165) is 23.0 Å². The van der Waals surface area contributed by atoms with Gasteiger partial charge < -0.3 is 14.4 Å². The Morgan fingerprint density at radius 1 is 1.12 bits per heavy atom. The highest BCUT2D eigenvalue weighted by molar-refractivity contribution is 5.83. The van der Waals surface area contributed by atoms with Gasteiger partial charge in [0.05, 0.1) is 6.33 Å². The average Bonchev–Trinajstić information content (AvgIpc) is 3.03. The number of nitrogens with zero attached hydrogens (tertiary/aromatic N) is 7. The molecule has 9 nitrogen and oxygen atoms in total. The van der Waals surface area contributed by atoms with Gasteiger partial charge in [-0.05, 0) is 0 Å². The van der Waals surface area contributed by atoms with Gasteiger partial charge in [0.25, 0.3) is 12.0 Å². The van der Waals surface area contributed by atoms with Crippen LogP contribution in [0.2, 0.25) is 0 Å². The summed E-state index contributed by atoms with van der Waals surface area (Å²) in [4.78, 5) is 34.7. The fourth-order valence-electron chi connectivity index (χ4n) is 3.02. The van der Waals surface area contributed by atoms with E-state index in [4.69, 9.17) is 0 Å². The van der Waals surface area contributed by atoms with Gasteiger partial charge in [-0.1, -0.05) is 0 Å². The van der Waals surface area contributed by atoms with Crippen LogP contribution in [0, 0.1) is 0 Å². The van der Waals surface area contributed by atoms with Crippen LogP contribution in [-0.2, 0) is 7.05 Å². The number of alkyl halides is 2. The number of hydrogen-bond acceptors (Lipinski definition) is 7. The lowest BCUT2D eigenvalue weighted by Gasteiger charge is -2.35. The minimum Gasteiger partial charge on any atom is -0.351 e. The van der Waals surface area contributed by atoms with E-state index in [1.165, 1.54) is 6.33 Å². The number of halogens is 2. The molecule has 1 aliphatic heterocycles. The van der Waals surface area contributed by atoms with Gasteiger partial charge in [-0.15, -0.1) is 0 Å². The third-order valence-corrected chi connectivity index (χ3v) is 4.33. The van der Waals surface area contributed by atoms with Crippen molar-refractivity contribution in [2.75, 3.05) is 36.0 Å². The molecule has 0 unspecified atom stereocenters. The van der Waals surface area contributed by atoms with Crippen molar-refractivity contribution in [3.63, 3.8) is 0 Å². The van der Waals surface area contributed by atoms with Crippen molar-refractivity contribution in [2.24, 2.45) is 7.05 Å². The molecule has 4 heterocycles. The molecule has 1 saturated heterocycles. The van der Waals surface area contributed by atoms with Crippen LogP contribution in [0.5, 0.6) is 0 Å². The minimum atomic E-state index is -2.78. The SMILES string of the molecule is Cn1cnc2c(N3CCN(c4nc(C(F)F)cc(=O)[nH]4)CC3)ncnc21. The minimum absolute atomic E-state index is 0.165. The van der Waals surface area contributed by atoms with Crippen LogP contribution in [0.3, 0.4) is 0 Å². The van der Waals surface area contributed by atoms with Crippen LogP contribution >= 0.6 is 0 Å². The first-order valence-electron chi connectivity index (χ1n) is 8.04. The molecule has 136 valence electrons. The Morgan fingerprint density at radius 3 is 2.58 bits per heavy atom. The van der Waals surface area contributed by atoms with Crippen LogP contribution in [0.15, 0.2) is 23.5 Å².